The van der Waals surface area contributed by atoms with E-state index in [0.717, 1.165) is 32.5 Å². The zero-order valence-electron chi connectivity index (χ0n) is 10.4. The molecule has 0 aliphatic carbocycles. The summed E-state index contributed by atoms with van der Waals surface area (Å²) in [7, 11) is 0. The van der Waals surface area contributed by atoms with Crippen LogP contribution in [0.2, 0.25) is 0 Å². The Morgan fingerprint density at radius 1 is 1.47 bits per heavy atom. The van der Waals surface area contributed by atoms with E-state index in [1.807, 2.05) is 6.92 Å². The number of amides is 1. The monoisotopic (exact) mass is 243 g/mol. The van der Waals surface area contributed by atoms with Gasteiger partial charge >= 0.3 is 5.97 Å². The second-order valence-electron chi connectivity index (χ2n) is 4.48. The zero-order chi connectivity index (χ0) is 12.7. The molecule has 0 bridgehead atoms. The summed E-state index contributed by atoms with van der Waals surface area (Å²) >= 11 is 0. The summed E-state index contributed by atoms with van der Waals surface area (Å²) in [6.45, 7) is 3.79. The number of carboxylic acid groups (broad SMARTS) is 1. The summed E-state index contributed by atoms with van der Waals surface area (Å²) in [5, 5.41) is 8.73. The first-order chi connectivity index (χ1) is 8.13. The van der Waals surface area contributed by atoms with Crippen LogP contribution in [0.25, 0.3) is 0 Å². The number of rotatable bonds is 7. The van der Waals surface area contributed by atoms with Crippen molar-refractivity contribution < 1.29 is 19.4 Å². The van der Waals surface area contributed by atoms with E-state index in [-0.39, 0.29) is 12.5 Å². The van der Waals surface area contributed by atoms with Crippen LogP contribution in [-0.2, 0) is 14.3 Å². The smallest absolute Gasteiger partial charge is 0.323 e. The third-order valence-electron chi connectivity index (χ3n) is 2.96. The number of carbonyl (C=O) groups excluding carboxylic acids is 1. The van der Waals surface area contributed by atoms with Gasteiger partial charge in [0.05, 0.1) is 0 Å². The van der Waals surface area contributed by atoms with Gasteiger partial charge in [0.1, 0.15) is 6.54 Å². The molecular weight excluding hydrogens is 222 g/mol. The fourth-order valence-electron chi connectivity index (χ4n) is 2.02. The van der Waals surface area contributed by atoms with Crippen molar-refractivity contribution in [3.05, 3.63) is 0 Å². The Morgan fingerprint density at radius 3 is 2.76 bits per heavy atom. The van der Waals surface area contributed by atoms with Gasteiger partial charge in [0, 0.05) is 26.2 Å². The Hall–Kier alpha value is -1.10. The molecule has 17 heavy (non-hydrogen) atoms. The molecule has 5 nitrogen and oxygen atoms in total. The molecule has 1 atom stereocenters. The molecule has 1 heterocycles. The molecule has 0 saturated carbocycles. The summed E-state index contributed by atoms with van der Waals surface area (Å²) in [4.78, 5) is 23.9. The standard InChI is InChI=1S/C12H21NO4/c1-2-6-13(8-12(15)16)11(14)4-3-10-5-7-17-9-10/h10H,2-9H2,1H3,(H,15,16). The van der Waals surface area contributed by atoms with Gasteiger partial charge < -0.3 is 14.7 Å². The van der Waals surface area contributed by atoms with Crippen molar-refractivity contribution in [3.8, 4) is 0 Å². The average Bonchev–Trinajstić information content (AvgIpc) is 2.77. The van der Waals surface area contributed by atoms with Gasteiger partial charge in [0.25, 0.3) is 0 Å². The van der Waals surface area contributed by atoms with E-state index in [9.17, 15) is 9.59 Å². The first-order valence-electron chi connectivity index (χ1n) is 6.20. The van der Waals surface area contributed by atoms with Crippen LogP contribution in [0, 0.1) is 5.92 Å². The molecular formula is C12H21NO4. The number of hydrogen-bond acceptors (Lipinski definition) is 3. The molecule has 1 amide bonds. The molecule has 0 aromatic heterocycles. The van der Waals surface area contributed by atoms with Crippen molar-refractivity contribution in [3.63, 3.8) is 0 Å². The van der Waals surface area contributed by atoms with Crippen molar-refractivity contribution in [2.75, 3.05) is 26.3 Å². The molecule has 1 rings (SSSR count). The molecule has 1 fully saturated rings. The highest BCUT2D eigenvalue weighted by atomic mass is 16.5. The second-order valence-corrected chi connectivity index (χ2v) is 4.48. The van der Waals surface area contributed by atoms with Crippen molar-refractivity contribution in [2.24, 2.45) is 5.92 Å². The maximum absolute atomic E-state index is 11.8. The molecule has 1 N–H and O–H groups in total. The van der Waals surface area contributed by atoms with Crippen LogP contribution < -0.4 is 0 Å². The highest BCUT2D eigenvalue weighted by Crippen LogP contribution is 2.18. The lowest BCUT2D eigenvalue weighted by Gasteiger charge is -2.20. The number of hydrogen-bond donors (Lipinski definition) is 1. The number of carboxylic acids is 1. The van der Waals surface area contributed by atoms with Crippen molar-refractivity contribution in [1.82, 2.24) is 4.90 Å². The summed E-state index contributed by atoms with van der Waals surface area (Å²) in [6.07, 6.45) is 3.03. The lowest BCUT2D eigenvalue weighted by molar-refractivity contribution is -0.144. The normalized spacial score (nSPS) is 19.2. The maximum Gasteiger partial charge on any atom is 0.323 e. The van der Waals surface area contributed by atoms with E-state index in [4.69, 9.17) is 9.84 Å². The Kier molecular flexibility index (Phi) is 5.97. The van der Waals surface area contributed by atoms with Crippen LogP contribution in [0.15, 0.2) is 0 Å². The molecule has 1 aliphatic heterocycles. The predicted octanol–water partition coefficient (Wildman–Crippen LogP) is 1.13. The fraction of sp³-hybridized carbons (Fsp3) is 0.833. The Labute approximate surface area is 102 Å². The van der Waals surface area contributed by atoms with Crippen molar-refractivity contribution >= 4 is 11.9 Å². The zero-order valence-corrected chi connectivity index (χ0v) is 10.4. The minimum Gasteiger partial charge on any atom is -0.480 e. The first kappa shape index (κ1) is 14.0. The van der Waals surface area contributed by atoms with E-state index >= 15 is 0 Å². The van der Waals surface area contributed by atoms with Gasteiger partial charge in [-0.3, -0.25) is 9.59 Å². The van der Waals surface area contributed by atoms with E-state index in [0.29, 0.717) is 18.9 Å². The van der Waals surface area contributed by atoms with E-state index in [1.54, 1.807) is 0 Å². The average molecular weight is 243 g/mol. The Bertz CT molecular complexity index is 261. The molecule has 1 aliphatic rings. The van der Waals surface area contributed by atoms with Gasteiger partial charge in [-0.25, -0.2) is 0 Å². The number of ether oxygens (including phenoxy) is 1. The van der Waals surface area contributed by atoms with Crippen molar-refractivity contribution in [2.45, 2.75) is 32.6 Å². The highest BCUT2D eigenvalue weighted by Gasteiger charge is 2.20. The molecule has 1 unspecified atom stereocenters. The second kappa shape index (κ2) is 7.27. The molecule has 98 valence electrons. The van der Waals surface area contributed by atoms with E-state index < -0.39 is 5.97 Å². The third kappa shape index (κ3) is 5.17. The van der Waals surface area contributed by atoms with Gasteiger partial charge in [0.2, 0.25) is 5.91 Å². The van der Waals surface area contributed by atoms with Gasteiger partial charge in [-0.05, 0) is 25.2 Å². The van der Waals surface area contributed by atoms with Crippen LogP contribution >= 0.6 is 0 Å². The summed E-state index contributed by atoms with van der Waals surface area (Å²) in [5.74, 6) is -0.538. The minimum absolute atomic E-state index is 0.0545. The van der Waals surface area contributed by atoms with E-state index in [2.05, 4.69) is 0 Å². The number of nitrogens with zero attached hydrogens (tertiary/aromatic N) is 1. The lowest BCUT2D eigenvalue weighted by Crippen LogP contribution is -2.36. The third-order valence-corrected chi connectivity index (χ3v) is 2.96. The van der Waals surface area contributed by atoms with E-state index in [1.165, 1.54) is 4.90 Å². The maximum atomic E-state index is 11.8. The number of aliphatic carboxylic acids is 1. The molecule has 0 aromatic rings. The summed E-state index contributed by atoms with van der Waals surface area (Å²) in [6, 6.07) is 0. The quantitative estimate of drug-likeness (QED) is 0.727. The van der Waals surface area contributed by atoms with Gasteiger partial charge in [0.15, 0.2) is 0 Å². The predicted molar refractivity (Wildman–Crippen MR) is 62.7 cm³/mol. The van der Waals surface area contributed by atoms with Gasteiger partial charge in [-0.15, -0.1) is 0 Å². The molecule has 0 aromatic carbocycles. The first-order valence-corrected chi connectivity index (χ1v) is 6.20. The SMILES string of the molecule is CCCN(CC(=O)O)C(=O)CCC1CCOC1. The van der Waals surface area contributed by atoms with Gasteiger partial charge in [-0.2, -0.15) is 0 Å². The Balaban J connectivity index is 2.32. The summed E-state index contributed by atoms with van der Waals surface area (Å²) < 4.78 is 5.24. The minimum atomic E-state index is -0.948. The summed E-state index contributed by atoms with van der Waals surface area (Å²) in [5.41, 5.74) is 0. The van der Waals surface area contributed by atoms with Crippen molar-refractivity contribution in [1.29, 1.82) is 0 Å². The van der Waals surface area contributed by atoms with Crippen LogP contribution in [0.5, 0.6) is 0 Å². The van der Waals surface area contributed by atoms with Crippen LogP contribution in [0.3, 0.4) is 0 Å². The topological polar surface area (TPSA) is 66.8 Å². The molecule has 0 radical (unpaired) electrons. The van der Waals surface area contributed by atoms with Crippen LogP contribution in [0.1, 0.15) is 32.6 Å². The molecule has 5 heteroatoms. The highest BCUT2D eigenvalue weighted by molar-refractivity contribution is 5.81. The largest absolute Gasteiger partial charge is 0.480 e. The fourth-order valence-corrected chi connectivity index (χ4v) is 2.02. The number of carbonyl (C=O) groups is 2. The molecule has 1 saturated heterocycles. The van der Waals surface area contributed by atoms with Crippen LogP contribution in [-0.4, -0.2) is 48.2 Å². The molecule has 0 spiro atoms. The lowest BCUT2D eigenvalue weighted by atomic mass is 10.0. The Morgan fingerprint density at radius 2 is 2.24 bits per heavy atom. The van der Waals surface area contributed by atoms with Gasteiger partial charge in [-0.1, -0.05) is 6.92 Å². The van der Waals surface area contributed by atoms with Crippen LogP contribution in [0.4, 0.5) is 0 Å².